The molecule has 4 nitrogen and oxygen atoms in total. The molecule has 4 rings (SSSR count). The first-order valence-electron chi connectivity index (χ1n) is 9.75. The minimum Gasteiger partial charge on any atom is -0.489 e. The van der Waals surface area contributed by atoms with E-state index in [2.05, 4.69) is 15.5 Å². The van der Waals surface area contributed by atoms with Crippen molar-refractivity contribution in [3.05, 3.63) is 71.5 Å². The Morgan fingerprint density at radius 1 is 1.07 bits per heavy atom. The van der Waals surface area contributed by atoms with Gasteiger partial charge in [-0.2, -0.15) is 18.3 Å². The molecular formula is C22H23F3N3O+. The Bertz CT molecular complexity index is 944. The van der Waals surface area contributed by atoms with Crippen LogP contribution < -0.4 is 10.1 Å². The van der Waals surface area contributed by atoms with E-state index in [9.17, 15) is 13.2 Å². The molecule has 0 bridgehead atoms. The summed E-state index contributed by atoms with van der Waals surface area (Å²) in [5, 5.41) is 9.74. The Balaban J connectivity index is 1.44. The van der Waals surface area contributed by atoms with Crippen molar-refractivity contribution < 1.29 is 23.2 Å². The van der Waals surface area contributed by atoms with E-state index in [1.807, 2.05) is 30.5 Å². The first-order chi connectivity index (χ1) is 14.0. The van der Waals surface area contributed by atoms with Crippen molar-refractivity contribution in [2.45, 2.75) is 31.5 Å². The Hall–Kier alpha value is -2.80. The standard InChI is InChI=1S/C22H22F3N3O/c23-22(24,25)18-3-1-2-15(12-18)14-29-19-6-4-16(5-7-19)20-13-27-28-21(20)17-8-10-26-11-9-17/h1-7,12-13,17,26H,8-11,14H2,(H,27,28)/p+1. The summed E-state index contributed by atoms with van der Waals surface area (Å²) in [6.45, 7) is 2.34. The fourth-order valence-electron chi connectivity index (χ4n) is 3.79. The van der Waals surface area contributed by atoms with Gasteiger partial charge in [-0.05, 0) is 35.4 Å². The van der Waals surface area contributed by atoms with E-state index in [-0.39, 0.29) is 6.61 Å². The van der Waals surface area contributed by atoms with Crippen LogP contribution in [0.1, 0.15) is 35.6 Å². The molecule has 7 heteroatoms. The topological polar surface area (TPSA) is 54.5 Å². The molecular weight excluding hydrogens is 379 g/mol. The van der Waals surface area contributed by atoms with E-state index >= 15 is 0 Å². The van der Waals surface area contributed by atoms with Gasteiger partial charge in [0.1, 0.15) is 12.4 Å². The van der Waals surface area contributed by atoms with Crippen molar-refractivity contribution in [3.63, 3.8) is 0 Å². The van der Waals surface area contributed by atoms with Crippen LogP contribution in [0.25, 0.3) is 11.1 Å². The van der Waals surface area contributed by atoms with Crippen LogP contribution in [0.3, 0.4) is 0 Å². The zero-order chi connectivity index (χ0) is 20.3. The average Bonchev–Trinajstić information content (AvgIpc) is 3.23. The zero-order valence-electron chi connectivity index (χ0n) is 15.9. The van der Waals surface area contributed by atoms with Crippen molar-refractivity contribution in [2.75, 3.05) is 13.1 Å². The van der Waals surface area contributed by atoms with Crippen LogP contribution in [0.4, 0.5) is 13.2 Å². The zero-order valence-corrected chi connectivity index (χ0v) is 15.9. The van der Waals surface area contributed by atoms with Gasteiger partial charge in [-0.3, -0.25) is 5.10 Å². The van der Waals surface area contributed by atoms with Gasteiger partial charge in [0.25, 0.3) is 0 Å². The number of nitrogens with two attached hydrogens (primary N) is 1. The molecule has 1 aliphatic rings. The molecule has 29 heavy (non-hydrogen) atoms. The molecule has 1 aliphatic heterocycles. The Morgan fingerprint density at radius 2 is 1.83 bits per heavy atom. The van der Waals surface area contributed by atoms with Crippen molar-refractivity contribution in [2.24, 2.45) is 0 Å². The molecule has 2 aromatic carbocycles. The predicted octanol–water partition coefficient (Wildman–Crippen LogP) is 4.12. The van der Waals surface area contributed by atoms with Crippen LogP contribution in [0, 0.1) is 0 Å². The highest BCUT2D eigenvalue weighted by Crippen LogP contribution is 2.33. The third-order valence-corrected chi connectivity index (χ3v) is 5.34. The minimum absolute atomic E-state index is 0.0821. The van der Waals surface area contributed by atoms with E-state index < -0.39 is 11.7 Å². The molecule has 2 heterocycles. The number of alkyl halides is 3. The van der Waals surface area contributed by atoms with Gasteiger partial charge in [-0.25, -0.2) is 0 Å². The summed E-state index contributed by atoms with van der Waals surface area (Å²) in [6, 6.07) is 12.8. The summed E-state index contributed by atoms with van der Waals surface area (Å²) in [5.41, 5.74) is 3.14. The molecule has 3 aromatic rings. The molecule has 0 unspecified atom stereocenters. The number of benzene rings is 2. The fourth-order valence-corrected chi connectivity index (χ4v) is 3.79. The second kappa shape index (κ2) is 8.29. The van der Waals surface area contributed by atoms with Crippen molar-refractivity contribution in [1.29, 1.82) is 0 Å². The van der Waals surface area contributed by atoms with Crippen LogP contribution in [-0.4, -0.2) is 23.3 Å². The second-order valence-electron chi connectivity index (χ2n) is 7.35. The van der Waals surface area contributed by atoms with E-state index in [1.54, 1.807) is 6.07 Å². The lowest BCUT2D eigenvalue weighted by Crippen LogP contribution is -2.86. The maximum Gasteiger partial charge on any atom is 0.416 e. The first-order valence-corrected chi connectivity index (χ1v) is 9.75. The summed E-state index contributed by atoms with van der Waals surface area (Å²) < 4.78 is 44.2. The van der Waals surface area contributed by atoms with Crippen LogP contribution in [0.2, 0.25) is 0 Å². The molecule has 0 spiro atoms. The predicted molar refractivity (Wildman–Crippen MR) is 103 cm³/mol. The van der Waals surface area contributed by atoms with Gasteiger partial charge < -0.3 is 10.1 Å². The van der Waals surface area contributed by atoms with Gasteiger partial charge in [0.15, 0.2) is 0 Å². The summed E-state index contributed by atoms with van der Waals surface area (Å²) in [4.78, 5) is 0. The maximum absolute atomic E-state index is 12.8. The lowest BCUT2D eigenvalue weighted by Gasteiger charge is -2.20. The smallest absolute Gasteiger partial charge is 0.416 e. The first kappa shape index (κ1) is 19.5. The summed E-state index contributed by atoms with van der Waals surface area (Å²) in [5.74, 6) is 1.11. The van der Waals surface area contributed by atoms with Crippen LogP contribution >= 0.6 is 0 Å². The molecule has 0 aliphatic carbocycles. The number of hydrogen-bond donors (Lipinski definition) is 2. The number of halogens is 3. The number of hydrogen-bond acceptors (Lipinski definition) is 2. The highest BCUT2D eigenvalue weighted by atomic mass is 19.4. The molecule has 0 radical (unpaired) electrons. The number of rotatable bonds is 5. The van der Waals surface area contributed by atoms with Gasteiger partial charge in [-0.1, -0.05) is 24.3 Å². The Labute approximate surface area is 167 Å². The molecule has 3 N–H and O–H groups in total. The number of aromatic nitrogens is 2. The third-order valence-electron chi connectivity index (χ3n) is 5.34. The number of nitrogens with one attached hydrogen (secondary N) is 1. The number of ether oxygens (including phenoxy) is 1. The number of piperidine rings is 1. The molecule has 1 aromatic heterocycles. The summed E-state index contributed by atoms with van der Waals surface area (Å²) in [7, 11) is 0. The number of aromatic amines is 1. The van der Waals surface area contributed by atoms with Gasteiger partial charge in [0.2, 0.25) is 0 Å². The van der Waals surface area contributed by atoms with E-state index in [0.717, 1.165) is 49.2 Å². The molecule has 1 saturated heterocycles. The lowest BCUT2D eigenvalue weighted by molar-refractivity contribution is -0.663. The SMILES string of the molecule is FC(F)(F)c1cccc(COc2ccc(-c3cn[nH]c3C3CC[NH2+]CC3)cc2)c1. The van der Waals surface area contributed by atoms with Gasteiger partial charge >= 0.3 is 6.18 Å². The van der Waals surface area contributed by atoms with Crippen molar-refractivity contribution >= 4 is 0 Å². The van der Waals surface area contributed by atoms with Gasteiger partial charge in [0, 0.05) is 30.0 Å². The summed E-state index contributed by atoms with van der Waals surface area (Å²) in [6.07, 6.45) is -0.233. The third kappa shape index (κ3) is 4.62. The van der Waals surface area contributed by atoms with E-state index in [1.165, 1.54) is 11.8 Å². The van der Waals surface area contributed by atoms with Crippen molar-refractivity contribution in [3.8, 4) is 16.9 Å². The fraction of sp³-hybridized carbons (Fsp3) is 0.318. The Morgan fingerprint density at radius 3 is 2.55 bits per heavy atom. The van der Waals surface area contributed by atoms with Crippen LogP contribution in [0.15, 0.2) is 54.7 Å². The van der Waals surface area contributed by atoms with Crippen LogP contribution in [0.5, 0.6) is 5.75 Å². The highest BCUT2D eigenvalue weighted by molar-refractivity contribution is 5.66. The molecule has 1 fully saturated rings. The lowest BCUT2D eigenvalue weighted by atomic mass is 9.90. The van der Waals surface area contributed by atoms with Gasteiger partial charge in [-0.15, -0.1) is 0 Å². The molecule has 152 valence electrons. The quantitative estimate of drug-likeness (QED) is 0.675. The number of quaternary nitrogens is 1. The largest absolute Gasteiger partial charge is 0.489 e. The number of nitrogens with zero attached hydrogens (tertiary/aromatic N) is 1. The monoisotopic (exact) mass is 402 g/mol. The van der Waals surface area contributed by atoms with E-state index in [0.29, 0.717) is 17.2 Å². The number of H-pyrrole nitrogens is 1. The summed E-state index contributed by atoms with van der Waals surface area (Å²) >= 11 is 0. The molecule has 0 atom stereocenters. The highest BCUT2D eigenvalue weighted by Gasteiger charge is 2.30. The normalized spacial score (nSPS) is 15.4. The average molecular weight is 402 g/mol. The van der Waals surface area contributed by atoms with Crippen molar-refractivity contribution in [1.82, 2.24) is 10.2 Å². The second-order valence-corrected chi connectivity index (χ2v) is 7.35. The van der Waals surface area contributed by atoms with Gasteiger partial charge in [0.05, 0.1) is 24.8 Å². The Kier molecular flexibility index (Phi) is 5.58. The maximum atomic E-state index is 12.8. The molecule has 0 amide bonds. The van der Waals surface area contributed by atoms with E-state index in [4.69, 9.17) is 4.74 Å². The minimum atomic E-state index is -4.35. The molecule has 0 saturated carbocycles. The van der Waals surface area contributed by atoms with Crippen LogP contribution in [-0.2, 0) is 12.8 Å².